The summed E-state index contributed by atoms with van der Waals surface area (Å²) < 4.78 is 5.01. The van der Waals surface area contributed by atoms with Crippen molar-refractivity contribution in [1.82, 2.24) is 9.80 Å². The van der Waals surface area contributed by atoms with E-state index in [0.717, 1.165) is 6.54 Å². The fourth-order valence-corrected chi connectivity index (χ4v) is 2.70. The van der Waals surface area contributed by atoms with Gasteiger partial charge in [-0.1, -0.05) is 12.1 Å². The van der Waals surface area contributed by atoms with Crippen molar-refractivity contribution in [2.45, 2.75) is 13.3 Å². The summed E-state index contributed by atoms with van der Waals surface area (Å²) in [5.41, 5.74) is 0.719. The number of para-hydroxylation sites is 1. The molecule has 0 aromatic heterocycles. The number of carbonyl (C=O) groups excluding carboxylic acids is 3. The fourth-order valence-electron chi connectivity index (χ4n) is 2.70. The van der Waals surface area contributed by atoms with Gasteiger partial charge in [0.1, 0.15) is 0 Å². The van der Waals surface area contributed by atoms with E-state index in [2.05, 4.69) is 5.32 Å². The zero-order chi connectivity index (χ0) is 18.4. The molecular formula is C18H25N3O4. The van der Waals surface area contributed by atoms with E-state index in [0.29, 0.717) is 24.3 Å². The smallest absolute Gasteiger partial charge is 0.340 e. The van der Waals surface area contributed by atoms with E-state index in [1.54, 1.807) is 36.1 Å². The van der Waals surface area contributed by atoms with Crippen molar-refractivity contribution in [2.75, 3.05) is 45.7 Å². The Balaban J connectivity index is 2.01. The summed E-state index contributed by atoms with van der Waals surface area (Å²) in [7, 11) is 3.88. The number of ether oxygens (including phenoxy) is 1. The molecule has 136 valence electrons. The van der Waals surface area contributed by atoms with E-state index < -0.39 is 11.9 Å². The zero-order valence-electron chi connectivity index (χ0n) is 14.9. The first-order valence-electron chi connectivity index (χ1n) is 8.42. The maximum Gasteiger partial charge on any atom is 0.340 e. The Kier molecular flexibility index (Phi) is 6.52. The summed E-state index contributed by atoms with van der Waals surface area (Å²) in [5.74, 6) is -1.16. The van der Waals surface area contributed by atoms with Crippen LogP contribution in [0.3, 0.4) is 0 Å². The fraction of sp³-hybridized carbons (Fsp3) is 0.500. The van der Waals surface area contributed by atoms with Crippen molar-refractivity contribution in [2.24, 2.45) is 5.92 Å². The molecule has 0 bridgehead atoms. The van der Waals surface area contributed by atoms with Crippen LogP contribution in [0, 0.1) is 5.92 Å². The molecule has 1 saturated heterocycles. The van der Waals surface area contributed by atoms with Crippen LogP contribution < -0.4 is 5.32 Å². The van der Waals surface area contributed by atoms with Gasteiger partial charge >= 0.3 is 5.97 Å². The molecule has 1 N–H and O–H groups in total. The number of hydrogen-bond donors (Lipinski definition) is 1. The minimum Gasteiger partial charge on any atom is -0.462 e. The summed E-state index contributed by atoms with van der Waals surface area (Å²) >= 11 is 0. The normalized spacial score (nSPS) is 17.0. The average molecular weight is 347 g/mol. The van der Waals surface area contributed by atoms with Gasteiger partial charge in [-0.3, -0.25) is 9.59 Å². The third kappa shape index (κ3) is 5.03. The molecule has 0 spiro atoms. The lowest BCUT2D eigenvalue weighted by atomic mass is 10.1. The van der Waals surface area contributed by atoms with Crippen LogP contribution in [-0.2, 0) is 14.3 Å². The predicted molar refractivity (Wildman–Crippen MR) is 94.3 cm³/mol. The van der Waals surface area contributed by atoms with Crippen LogP contribution in [0.1, 0.15) is 23.7 Å². The highest BCUT2D eigenvalue weighted by molar-refractivity contribution is 6.03. The largest absolute Gasteiger partial charge is 0.462 e. The maximum absolute atomic E-state index is 12.5. The molecule has 1 unspecified atom stereocenters. The second kappa shape index (κ2) is 8.62. The molecule has 1 aliphatic heterocycles. The number of nitrogens with one attached hydrogen (secondary N) is 1. The number of likely N-dealkylation sites (N-methyl/N-ethyl adjacent to an activating group) is 1. The monoisotopic (exact) mass is 347 g/mol. The van der Waals surface area contributed by atoms with E-state index in [-0.39, 0.29) is 24.8 Å². The molecule has 2 amide bonds. The van der Waals surface area contributed by atoms with E-state index in [1.165, 1.54) is 0 Å². The van der Waals surface area contributed by atoms with Crippen molar-refractivity contribution in [3.8, 4) is 0 Å². The van der Waals surface area contributed by atoms with E-state index >= 15 is 0 Å². The molecular weight excluding hydrogens is 322 g/mol. The number of esters is 1. The summed E-state index contributed by atoms with van der Waals surface area (Å²) in [6.45, 7) is 3.76. The van der Waals surface area contributed by atoms with Crippen LogP contribution in [-0.4, -0.2) is 67.9 Å². The van der Waals surface area contributed by atoms with Gasteiger partial charge < -0.3 is 19.9 Å². The minimum atomic E-state index is -0.478. The molecule has 1 atom stereocenters. The highest BCUT2D eigenvalue weighted by Gasteiger charge is 2.34. The number of benzene rings is 1. The van der Waals surface area contributed by atoms with Gasteiger partial charge in [-0.05, 0) is 33.2 Å². The van der Waals surface area contributed by atoms with Crippen LogP contribution in [0.4, 0.5) is 5.69 Å². The Morgan fingerprint density at radius 3 is 2.72 bits per heavy atom. The topological polar surface area (TPSA) is 78.9 Å². The number of likely N-dealkylation sites (tertiary alicyclic amines) is 1. The summed E-state index contributed by atoms with van der Waals surface area (Å²) in [4.78, 5) is 40.3. The van der Waals surface area contributed by atoms with Gasteiger partial charge in [-0.2, -0.15) is 0 Å². The quantitative estimate of drug-likeness (QED) is 0.750. The minimum absolute atomic E-state index is 0.0133. The Morgan fingerprint density at radius 1 is 1.32 bits per heavy atom. The molecule has 7 heteroatoms. The Morgan fingerprint density at radius 2 is 2.04 bits per heavy atom. The second-order valence-electron chi connectivity index (χ2n) is 6.30. The molecule has 7 nitrogen and oxygen atoms in total. The molecule has 1 aliphatic rings. The number of rotatable bonds is 7. The van der Waals surface area contributed by atoms with Crippen molar-refractivity contribution < 1.29 is 19.1 Å². The van der Waals surface area contributed by atoms with E-state index in [9.17, 15) is 14.4 Å². The predicted octanol–water partition coefficient (Wildman–Crippen LogP) is 1.21. The zero-order valence-corrected chi connectivity index (χ0v) is 14.9. The molecule has 2 rings (SSSR count). The average Bonchev–Trinajstić information content (AvgIpc) is 2.94. The first kappa shape index (κ1) is 18.9. The molecule has 0 aliphatic carbocycles. The van der Waals surface area contributed by atoms with Gasteiger partial charge in [-0.15, -0.1) is 0 Å². The van der Waals surface area contributed by atoms with E-state index in [4.69, 9.17) is 4.74 Å². The van der Waals surface area contributed by atoms with Crippen molar-refractivity contribution >= 4 is 23.5 Å². The maximum atomic E-state index is 12.5. The number of amides is 2. The molecule has 0 saturated carbocycles. The second-order valence-corrected chi connectivity index (χ2v) is 6.30. The molecule has 25 heavy (non-hydrogen) atoms. The van der Waals surface area contributed by atoms with Crippen molar-refractivity contribution in [3.05, 3.63) is 29.8 Å². The SMILES string of the molecule is CCOC(=O)c1ccccc1NC(=O)C1CC(=O)N(CCN(C)C)C1. The van der Waals surface area contributed by atoms with Gasteiger partial charge in [0, 0.05) is 26.1 Å². The first-order valence-corrected chi connectivity index (χ1v) is 8.42. The molecule has 1 aromatic carbocycles. The summed E-state index contributed by atoms with van der Waals surface area (Å²) in [5, 5.41) is 2.77. The van der Waals surface area contributed by atoms with Gasteiger partial charge in [0.25, 0.3) is 0 Å². The third-order valence-corrected chi connectivity index (χ3v) is 4.08. The van der Waals surface area contributed by atoms with Gasteiger partial charge in [0.2, 0.25) is 11.8 Å². The lowest BCUT2D eigenvalue weighted by Gasteiger charge is -2.19. The van der Waals surface area contributed by atoms with Crippen LogP contribution in [0.15, 0.2) is 24.3 Å². The molecule has 0 radical (unpaired) electrons. The Bertz CT molecular complexity index is 645. The van der Waals surface area contributed by atoms with Gasteiger partial charge in [0.15, 0.2) is 0 Å². The lowest BCUT2D eigenvalue weighted by Crippen LogP contribution is -2.34. The molecule has 1 aromatic rings. The van der Waals surface area contributed by atoms with Crippen LogP contribution in [0.2, 0.25) is 0 Å². The lowest BCUT2D eigenvalue weighted by molar-refractivity contribution is -0.128. The summed E-state index contributed by atoms with van der Waals surface area (Å²) in [6.07, 6.45) is 0.195. The number of nitrogens with zero attached hydrogens (tertiary/aromatic N) is 2. The van der Waals surface area contributed by atoms with Crippen molar-refractivity contribution in [1.29, 1.82) is 0 Å². The Hall–Kier alpha value is -2.41. The highest BCUT2D eigenvalue weighted by Crippen LogP contribution is 2.22. The molecule has 1 heterocycles. The van der Waals surface area contributed by atoms with Gasteiger partial charge in [-0.25, -0.2) is 4.79 Å². The Labute approximate surface area is 147 Å². The first-order chi connectivity index (χ1) is 11.9. The standard InChI is InChI=1S/C18H25N3O4/c1-4-25-18(24)14-7-5-6-8-15(14)19-17(23)13-11-16(22)21(12-13)10-9-20(2)3/h5-8,13H,4,9-12H2,1-3H3,(H,19,23). The van der Waals surface area contributed by atoms with Crippen molar-refractivity contribution in [3.63, 3.8) is 0 Å². The van der Waals surface area contributed by atoms with Gasteiger partial charge in [0.05, 0.1) is 23.8 Å². The number of carbonyl (C=O) groups is 3. The number of anilines is 1. The third-order valence-electron chi connectivity index (χ3n) is 4.08. The molecule has 1 fully saturated rings. The van der Waals surface area contributed by atoms with Crippen LogP contribution >= 0.6 is 0 Å². The van der Waals surface area contributed by atoms with Crippen LogP contribution in [0.25, 0.3) is 0 Å². The highest BCUT2D eigenvalue weighted by atomic mass is 16.5. The summed E-state index contributed by atoms with van der Waals surface area (Å²) in [6, 6.07) is 6.72. The van der Waals surface area contributed by atoms with E-state index in [1.807, 2.05) is 19.0 Å². The van der Waals surface area contributed by atoms with Crippen LogP contribution in [0.5, 0.6) is 0 Å². The number of hydrogen-bond acceptors (Lipinski definition) is 5.